The highest BCUT2D eigenvalue weighted by Gasteiger charge is 2.52. The van der Waals surface area contributed by atoms with E-state index in [9.17, 15) is 14.4 Å². The molecule has 0 bridgehead atoms. The predicted octanol–water partition coefficient (Wildman–Crippen LogP) is 0.638. The van der Waals surface area contributed by atoms with Gasteiger partial charge in [0.1, 0.15) is 11.1 Å². The van der Waals surface area contributed by atoms with Gasteiger partial charge in [-0.05, 0) is 33.6 Å². The van der Waals surface area contributed by atoms with Crippen molar-refractivity contribution in [2.75, 3.05) is 0 Å². The summed E-state index contributed by atoms with van der Waals surface area (Å²) in [5.41, 5.74) is 0.346. The fourth-order valence-electron chi connectivity index (χ4n) is 1.25. The highest BCUT2D eigenvalue weighted by Crippen LogP contribution is 2.35. The van der Waals surface area contributed by atoms with Crippen LogP contribution in [0.15, 0.2) is 0 Å². The Morgan fingerprint density at radius 3 is 2.11 bits per heavy atom. The molecule has 0 heterocycles. The highest BCUT2D eigenvalue weighted by atomic mass is 16.7. The Kier molecular flexibility index (Phi) is 3.83. The van der Waals surface area contributed by atoms with Crippen molar-refractivity contribution in [1.82, 2.24) is 10.8 Å². The van der Waals surface area contributed by atoms with E-state index in [1.165, 1.54) is 6.92 Å². The van der Waals surface area contributed by atoms with Gasteiger partial charge in [0, 0.05) is 6.92 Å². The van der Waals surface area contributed by atoms with E-state index in [-0.39, 0.29) is 0 Å². The maximum absolute atomic E-state index is 11.7. The van der Waals surface area contributed by atoms with Crippen LogP contribution in [-0.4, -0.2) is 29.1 Å². The zero-order chi connectivity index (χ0) is 14.0. The van der Waals surface area contributed by atoms with Gasteiger partial charge in [-0.25, -0.2) is 4.79 Å². The van der Waals surface area contributed by atoms with E-state index in [2.05, 4.69) is 10.2 Å². The number of carbonyl (C=O) groups is 3. The van der Waals surface area contributed by atoms with E-state index in [4.69, 9.17) is 4.74 Å². The van der Waals surface area contributed by atoms with Crippen molar-refractivity contribution in [3.8, 4) is 0 Å². The standard InChI is InChI=1S/C11H18N2O5/c1-7(14)18-13-8(15)11(5-6-11)12-9(16)17-10(2,3)4/h5-6H2,1-4H3,(H,12,16)(H,13,15). The van der Waals surface area contributed by atoms with Crippen LogP contribution in [-0.2, 0) is 19.2 Å². The number of rotatable bonds is 2. The Bertz CT molecular complexity index is 368. The SMILES string of the molecule is CC(=O)ONC(=O)C1(NC(=O)OC(C)(C)C)CC1. The van der Waals surface area contributed by atoms with Crippen LogP contribution >= 0.6 is 0 Å². The summed E-state index contributed by atoms with van der Waals surface area (Å²) in [5, 5.41) is 2.48. The molecule has 7 nitrogen and oxygen atoms in total. The van der Waals surface area contributed by atoms with Crippen molar-refractivity contribution in [1.29, 1.82) is 0 Å². The van der Waals surface area contributed by atoms with Crippen LogP contribution in [0.5, 0.6) is 0 Å². The number of nitrogens with one attached hydrogen (secondary N) is 2. The summed E-state index contributed by atoms with van der Waals surface area (Å²) in [4.78, 5) is 38.1. The second kappa shape index (κ2) is 4.83. The second-order valence-corrected chi connectivity index (χ2v) is 5.23. The molecule has 1 fully saturated rings. The quantitative estimate of drug-likeness (QED) is 0.709. The fourth-order valence-corrected chi connectivity index (χ4v) is 1.25. The Hall–Kier alpha value is -1.79. The minimum absolute atomic E-state index is 0.485. The summed E-state index contributed by atoms with van der Waals surface area (Å²) < 4.78 is 5.05. The van der Waals surface area contributed by atoms with Crippen molar-refractivity contribution < 1.29 is 24.0 Å². The van der Waals surface area contributed by atoms with E-state index in [1.54, 1.807) is 20.8 Å². The summed E-state index contributed by atoms with van der Waals surface area (Å²) >= 11 is 0. The third-order valence-corrected chi connectivity index (χ3v) is 2.21. The summed E-state index contributed by atoms with van der Waals surface area (Å²) in [6.07, 6.45) is 0.302. The lowest BCUT2D eigenvalue weighted by Gasteiger charge is -2.22. The van der Waals surface area contributed by atoms with E-state index in [0.29, 0.717) is 12.8 Å². The number of hydrogen-bond acceptors (Lipinski definition) is 5. The Balaban J connectivity index is 2.48. The molecule has 7 heteroatoms. The lowest BCUT2D eigenvalue weighted by atomic mass is 10.2. The molecule has 0 atom stereocenters. The second-order valence-electron chi connectivity index (χ2n) is 5.23. The van der Waals surface area contributed by atoms with Gasteiger partial charge in [0.05, 0.1) is 0 Å². The number of ether oxygens (including phenoxy) is 1. The first-order chi connectivity index (χ1) is 8.15. The number of carbonyl (C=O) groups excluding carboxylic acids is 3. The van der Waals surface area contributed by atoms with Crippen molar-refractivity contribution >= 4 is 18.0 Å². The normalized spacial score (nSPS) is 16.4. The molecule has 2 amide bonds. The van der Waals surface area contributed by atoms with Crippen LogP contribution < -0.4 is 10.8 Å². The molecular weight excluding hydrogens is 240 g/mol. The number of hydrogen-bond donors (Lipinski definition) is 2. The first-order valence-corrected chi connectivity index (χ1v) is 5.64. The Morgan fingerprint density at radius 2 is 1.72 bits per heavy atom. The van der Waals surface area contributed by atoms with Gasteiger partial charge in [-0.1, -0.05) is 0 Å². The molecule has 0 saturated heterocycles. The molecule has 1 aliphatic rings. The molecule has 18 heavy (non-hydrogen) atoms. The average molecular weight is 258 g/mol. The summed E-state index contributed by atoms with van der Waals surface area (Å²) in [6.45, 7) is 6.35. The lowest BCUT2D eigenvalue weighted by Crippen LogP contribution is -2.50. The van der Waals surface area contributed by atoms with E-state index < -0.39 is 29.1 Å². The van der Waals surface area contributed by atoms with Crippen molar-refractivity contribution in [3.05, 3.63) is 0 Å². The molecular formula is C11H18N2O5. The molecule has 1 saturated carbocycles. The van der Waals surface area contributed by atoms with Crippen LogP contribution in [0, 0.1) is 0 Å². The average Bonchev–Trinajstić information content (AvgIpc) is 2.91. The van der Waals surface area contributed by atoms with Crippen LogP contribution in [0.1, 0.15) is 40.5 Å². The van der Waals surface area contributed by atoms with Gasteiger partial charge >= 0.3 is 12.1 Å². The largest absolute Gasteiger partial charge is 0.444 e. The minimum Gasteiger partial charge on any atom is -0.444 e. The summed E-state index contributed by atoms with van der Waals surface area (Å²) in [5.74, 6) is -1.18. The molecule has 0 aliphatic heterocycles. The summed E-state index contributed by atoms with van der Waals surface area (Å²) in [7, 11) is 0. The first-order valence-electron chi connectivity index (χ1n) is 5.64. The molecule has 2 N–H and O–H groups in total. The van der Waals surface area contributed by atoms with Crippen LogP contribution in [0.4, 0.5) is 4.79 Å². The Labute approximate surface area is 105 Å². The smallest absolute Gasteiger partial charge is 0.408 e. The molecule has 0 unspecified atom stereocenters. The van der Waals surface area contributed by atoms with Gasteiger partial charge in [0.2, 0.25) is 0 Å². The molecule has 102 valence electrons. The zero-order valence-corrected chi connectivity index (χ0v) is 11.0. The van der Waals surface area contributed by atoms with E-state index >= 15 is 0 Å². The number of hydroxylamine groups is 1. The van der Waals surface area contributed by atoms with Gasteiger partial charge in [-0.15, -0.1) is 0 Å². The molecule has 0 aromatic carbocycles. The lowest BCUT2D eigenvalue weighted by molar-refractivity contribution is -0.157. The van der Waals surface area contributed by atoms with Crippen LogP contribution in [0.3, 0.4) is 0 Å². The van der Waals surface area contributed by atoms with Crippen LogP contribution in [0.25, 0.3) is 0 Å². The van der Waals surface area contributed by atoms with Gasteiger partial charge < -0.3 is 14.9 Å². The van der Waals surface area contributed by atoms with Gasteiger partial charge in [0.15, 0.2) is 0 Å². The van der Waals surface area contributed by atoms with Crippen molar-refractivity contribution in [2.24, 2.45) is 0 Å². The van der Waals surface area contributed by atoms with Gasteiger partial charge in [0.25, 0.3) is 5.91 Å². The monoisotopic (exact) mass is 258 g/mol. The maximum atomic E-state index is 11.7. The number of alkyl carbamates (subject to hydrolysis) is 1. The molecule has 1 rings (SSSR count). The predicted molar refractivity (Wildman–Crippen MR) is 61.2 cm³/mol. The molecule has 0 aromatic heterocycles. The molecule has 0 radical (unpaired) electrons. The van der Waals surface area contributed by atoms with Gasteiger partial charge in [-0.3, -0.25) is 9.59 Å². The maximum Gasteiger partial charge on any atom is 0.408 e. The molecule has 0 aromatic rings. The van der Waals surface area contributed by atoms with E-state index in [1.807, 2.05) is 5.48 Å². The molecule has 0 spiro atoms. The first kappa shape index (κ1) is 14.3. The summed E-state index contributed by atoms with van der Waals surface area (Å²) in [6, 6.07) is 0. The Morgan fingerprint density at radius 1 is 1.17 bits per heavy atom. The topological polar surface area (TPSA) is 93.7 Å². The minimum atomic E-state index is -1.02. The van der Waals surface area contributed by atoms with Gasteiger partial charge in [-0.2, -0.15) is 5.48 Å². The third kappa shape index (κ3) is 4.23. The number of amides is 2. The fraction of sp³-hybridized carbons (Fsp3) is 0.727. The molecule has 1 aliphatic carbocycles. The zero-order valence-electron chi connectivity index (χ0n) is 11.0. The van der Waals surface area contributed by atoms with Crippen molar-refractivity contribution in [3.63, 3.8) is 0 Å². The van der Waals surface area contributed by atoms with Crippen LogP contribution in [0.2, 0.25) is 0 Å². The highest BCUT2D eigenvalue weighted by molar-refractivity contribution is 5.92. The third-order valence-electron chi connectivity index (χ3n) is 2.21. The van der Waals surface area contributed by atoms with E-state index in [0.717, 1.165) is 0 Å². The van der Waals surface area contributed by atoms with Crippen molar-refractivity contribution in [2.45, 2.75) is 51.7 Å².